The molecule has 1 aromatic carbocycles. The minimum Gasteiger partial charge on any atom is -0.504 e. The lowest BCUT2D eigenvalue weighted by Gasteiger charge is -2.13. The van der Waals surface area contributed by atoms with E-state index in [-0.39, 0.29) is 41.2 Å². The molecule has 2 fully saturated rings. The highest BCUT2D eigenvalue weighted by Gasteiger charge is 2.59. The van der Waals surface area contributed by atoms with Crippen molar-refractivity contribution < 1.29 is 19.4 Å². The minimum atomic E-state index is -0.262. The van der Waals surface area contributed by atoms with Gasteiger partial charge in [-0.1, -0.05) is 12.2 Å². The van der Waals surface area contributed by atoms with Crippen molar-refractivity contribution in [2.24, 2.45) is 28.8 Å². The van der Waals surface area contributed by atoms with E-state index in [2.05, 4.69) is 33.2 Å². The lowest BCUT2D eigenvalue weighted by atomic mass is 9.85. The van der Waals surface area contributed by atoms with Crippen molar-refractivity contribution in [2.75, 3.05) is 6.61 Å². The molecule has 2 aliphatic carbocycles. The van der Waals surface area contributed by atoms with Crippen LogP contribution in [0, 0.1) is 23.7 Å². The zero-order valence-electron chi connectivity index (χ0n) is 13.6. The summed E-state index contributed by atoms with van der Waals surface area (Å²) in [6, 6.07) is 3.11. The molecule has 1 N–H and O–H groups in total. The molecule has 0 spiro atoms. The minimum absolute atomic E-state index is 0.0105. The van der Waals surface area contributed by atoms with E-state index in [1.807, 2.05) is 6.92 Å². The van der Waals surface area contributed by atoms with E-state index in [4.69, 9.17) is 4.74 Å². The van der Waals surface area contributed by atoms with Crippen molar-refractivity contribution in [3.63, 3.8) is 0 Å². The number of aromatic hydroxyl groups is 1. The Morgan fingerprint density at radius 2 is 1.92 bits per heavy atom. The van der Waals surface area contributed by atoms with Crippen LogP contribution >= 0.6 is 15.9 Å². The van der Waals surface area contributed by atoms with Crippen LogP contribution in [0.2, 0.25) is 0 Å². The van der Waals surface area contributed by atoms with Crippen LogP contribution in [0.5, 0.6) is 11.5 Å². The van der Waals surface area contributed by atoms with E-state index in [9.17, 15) is 14.7 Å². The number of amides is 2. The van der Waals surface area contributed by atoms with Gasteiger partial charge in [-0.3, -0.25) is 9.59 Å². The monoisotopic (exact) mass is 404 g/mol. The Kier molecular flexibility index (Phi) is 3.91. The molecule has 4 rings (SSSR count). The molecule has 6 nitrogen and oxygen atoms in total. The number of imide groups is 1. The number of rotatable bonds is 4. The van der Waals surface area contributed by atoms with Gasteiger partial charge in [0.1, 0.15) is 0 Å². The smallest absolute Gasteiger partial charge is 0.254 e. The van der Waals surface area contributed by atoms with Gasteiger partial charge in [0.2, 0.25) is 0 Å². The van der Waals surface area contributed by atoms with Gasteiger partial charge in [-0.05, 0) is 53.2 Å². The normalized spacial score (nSPS) is 29.9. The van der Waals surface area contributed by atoms with Gasteiger partial charge in [0.25, 0.3) is 11.8 Å². The molecule has 0 aromatic heterocycles. The fraction of sp³-hybridized carbons (Fsp3) is 0.389. The number of carbonyl (C=O) groups is 2. The van der Waals surface area contributed by atoms with Crippen molar-refractivity contribution >= 4 is 34.0 Å². The van der Waals surface area contributed by atoms with Crippen LogP contribution in [0.25, 0.3) is 0 Å². The highest BCUT2D eigenvalue weighted by Crippen LogP contribution is 2.52. The highest BCUT2D eigenvalue weighted by molar-refractivity contribution is 9.10. The van der Waals surface area contributed by atoms with E-state index in [1.165, 1.54) is 12.3 Å². The molecule has 1 heterocycles. The Balaban J connectivity index is 1.60. The predicted octanol–water partition coefficient (Wildman–Crippen LogP) is 2.69. The SMILES string of the molecule is CCOc1cc(C=NN2C(=O)C3C4C=CC(C4)C3C2=O)c(Br)cc1O. The van der Waals surface area contributed by atoms with Crippen molar-refractivity contribution in [2.45, 2.75) is 13.3 Å². The Bertz CT molecular complexity index is 790. The predicted molar refractivity (Wildman–Crippen MR) is 94.1 cm³/mol. The number of hydrogen-bond acceptors (Lipinski definition) is 5. The van der Waals surface area contributed by atoms with Crippen LogP contribution < -0.4 is 4.74 Å². The first kappa shape index (κ1) is 16.3. The van der Waals surface area contributed by atoms with Gasteiger partial charge in [-0.25, -0.2) is 0 Å². The van der Waals surface area contributed by atoms with Crippen LogP contribution in [0.3, 0.4) is 0 Å². The molecule has 25 heavy (non-hydrogen) atoms. The van der Waals surface area contributed by atoms with Crippen molar-refractivity contribution in [1.82, 2.24) is 5.01 Å². The lowest BCUT2D eigenvalue weighted by molar-refractivity contribution is -0.140. The molecule has 1 aliphatic heterocycles. The van der Waals surface area contributed by atoms with E-state index in [0.717, 1.165) is 11.4 Å². The van der Waals surface area contributed by atoms with E-state index in [1.54, 1.807) is 6.07 Å². The second kappa shape index (κ2) is 5.98. The molecule has 1 aromatic rings. The van der Waals surface area contributed by atoms with E-state index in [0.29, 0.717) is 22.4 Å². The zero-order valence-corrected chi connectivity index (χ0v) is 15.1. The largest absolute Gasteiger partial charge is 0.504 e. The van der Waals surface area contributed by atoms with Crippen LogP contribution in [0.1, 0.15) is 18.9 Å². The molecule has 7 heteroatoms. The summed E-state index contributed by atoms with van der Waals surface area (Å²) in [7, 11) is 0. The molecule has 1 saturated heterocycles. The summed E-state index contributed by atoms with van der Waals surface area (Å²) in [5.41, 5.74) is 0.611. The second-order valence-corrected chi connectivity index (χ2v) is 7.36. The van der Waals surface area contributed by atoms with Crippen LogP contribution in [-0.4, -0.2) is 34.8 Å². The third-order valence-corrected chi connectivity index (χ3v) is 5.82. The molecule has 4 unspecified atom stereocenters. The molecular formula is C18H17BrN2O4. The Morgan fingerprint density at radius 3 is 2.52 bits per heavy atom. The summed E-state index contributed by atoms with van der Waals surface area (Å²) in [6.45, 7) is 2.23. The van der Waals surface area contributed by atoms with Crippen molar-refractivity contribution in [3.05, 3.63) is 34.3 Å². The number of phenols is 1. The van der Waals surface area contributed by atoms with Gasteiger partial charge >= 0.3 is 0 Å². The molecule has 1 saturated carbocycles. The van der Waals surface area contributed by atoms with Crippen molar-refractivity contribution in [3.8, 4) is 11.5 Å². The number of carbonyl (C=O) groups excluding carboxylic acids is 2. The molecule has 0 radical (unpaired) electrons. The number of nitrogens with zero attached hydrogens (tertiary/aromatic N) is 2. The number of halogens is 1. The number of ether oxygens (including phenoxy) is 1. The maximum absolute atomic E-state index is 12.6. The third-order valence-electron chi connectivity index (χ3n) is 5.14. The molecule has 2 bridgehead atoms. The summed E-state index contributed by atoms with van der Waals surface area (Å²) in [6.07, 6.45) is 6.44. The Morgan fingerprint density at radius 1 is 1.28 bits per heavy atom. The number of benzene rings is 1. The Hall–Kier alpha value is -2.15. The average Bonchev–Trinajstić information content (AvgIpc) is 3.25. The van der Waals surface area contributed by atoms with Gasteiger partial charge in [-0.2, -0.15) is 10.1 Å². The van der Waals surface area contributed by atoms with Gasteiger partial charge in [0.05, 0.1) is 24.7 Å². The zero-order chi connectivity index (χ0) is 17.7. The topological polar surface area (TPSA) is 79.2 Å². The first-order chi connectivity index (χ1) is 12.0. The molecule has 2 amide bonds. The number of hydrogen-bond donors (Lipinski definition) is 1. The summed E-state index contributed by atoms with van der Waals surface area (Å²) in [5, 5.41) is 15.0. The fourth-order valence-electron chi connectivity index (χ4n) is 4.05. The standard InChI is InChI=1S/C18H17BrN2O4/c1-2-25-14-6-11(12(19)7-13(14)22)8-20-21-17(23)15-9-3-4-10(5-9)16(15)18(21)24/h3-4,6-10,15-16,22H,2,5H2,1H3. The summed E-state index contributed by atoms with van der Waals surface area (Å²) in [5.74, 6) is -0.301. The number of fused-ring (bicyclic) bond motifs is 5. The van der Waals surface area contributed by atoms with E-state index >= 15 is 0 Å². The maximum Gasteiger partial charge on any atom is 0.254 e. The molecular weight excluding hydrogens is 388 g/mol. The molecule has 4 atom stereocenters. The summed E-state index contributed by atoms with van der Waals surface area (Å²) >= 11 is 3.34. The van der Waals surface area contributed by atoms with Gasteiger partial charge < -0.3 is 9.84 Å². The fourth-order valence-corrected chi connectivity index (χ4v) is 4.48. The van der Waals surface area contributed by atoms with Gasteiger partial charge in [-0.15, -0.1) is 0 Å². The highest BCUT2D eigenvalue weighted by atomic mass is 79.9. The van der Waals surface area contributed by atoms with Crippen LogP contribution in [0.4, 0.5) is 0 Å². The summed E-state index contributed by atoms with van der Waals surface area (Å²) in [4.78, 5) is 25.2. The van der Waals surface area contributed by atoms with Crippen LogP contribution in [0.15, 0.2) is 33.9 Å². The van der Waals surface area contributed by atoms with Crippen LogP contribution in [-0.2, 0) is 9.59 Å². The molecule has 130 valence electrons. The molecule has 3 aliphatic rings. The Labute approximate surface area is 153 Å². The third kappa shape index (κ3) is 2.49. The number of phenolic OH excluding ortho intramolecular Hbond substituents is 1. The van der Waals surface area contributed by atoms with E-state index < -0.39 is 0 Å². The maximum atomic E-state index is 12.6. The second-order valence-electron chi connectivity index (χ2n) is 6.51. The average molecular weight is 405 g/mol. The quantitative estimate of drug-likeness (QED) is 0.475. The van der Waals surface area contributed by atoms with Gasteiger partial charge in [0.15, 0.2) is 11.5 Å². The lowest BCUT2D eigenvalue weighted by Crippen LogP contribution is -2.28. The number of hydrazone groups is 1. The van der Waals surface area contributed by atoms with Gasteiger partial charge in [0, 0.05) is 10.0 Å². The number of allylic oxidation sites excluding steroid dienone is 2. The van der Waals surface area contributed by atoms with Crippen molar-refractivity contribution in [1.29, 1.82) is 0 Å². The first-order valence-electron chi connectivity index (χ1n) is 8.26. The summed E-state index contributed by atoms with van der Waals surface area (Å²) < 4.78 is 5.95. The first-order valence-corrected chi connectivity index (χ1v) is 9.06.